The molecule has 0 saturated carbocycles. The van der Waals surface area contributed by atoms with Crippen molar-refractivity contribution in [3.8, 4) is 0 Å². The molecule has 0 atom stereocenters. The number of fused-ring (bicyclic) bond motifs is 1. The fraction of sp³-hybridized carbons (Fsp3) is 0.357. The summed E-state index contributed by atoms with van der Waals surface area (Å²) < 4.78 is 5.51. The summed E-state index contributed by atoms with van der Waals surface area (Å²) in [5.74, 6) is 1.02. The fourth-order valence-corrected chi connectivity index (χ4v) is 1.88. The van der Waals surface area contributed by atoms with Gasteiger partial charge in [0.05, 0.1) is 0 Å². The lowest BCUT2D eigenvalue weighted by Crippen LogP contribution is -1.99. The summed E-state index contributed by atoms with van der Waals surface area (Å²) in [6, 6.07) is 7.12. The maximum absolute atomic E-state index is 11.9. The first-order chi connectivity index (χ1) is 8.06. The number of furan rings is 1. The summed E-state index contributed by atoms with van der Waals surface area (Å²) in [5, 5.41) is 1.53. The van der Waals surface area contributed by atoms with Gasteiger partial charge in [0.25, 0.3) is 0 Å². The normalized spacial score (nSPS) is 11.3. The van der Waals surface area contributed by atoms with Crippen molar-refractivity contribution in [2.75, 3.05) is 0 Å². The molecule has 0 saturated heterocycles. The number of ketones is 1. The highest BCUT2D eigenvalue weighted by Gasteiger charge is 2.12. The van der Waals surface area contributed by atoms with E-state index in [1.807, 2.05) is 0 Å². The molecule has 0 unspecified atom stereocenters. The van der Waals surface area contributed by atoms with Crippen LogP contribution in [0.15, 0.2) is 28.7 Å². The third-order valence-electron chi connectivity index (χ3n) is 2.70. The lowest BCUT2D eigenvalue weighted by molar-refractivity contribution is 0.0950. The summed E-state index contributed by atoms with van der Waals surface area (Å²) in [6.07, 6.45) is 1.42. The van der Waals surface area contributed by atoms with Crippen molar-refractivity contribution in [3.05, 3.63) is 35.0 Å². The van der Waals surface area contributed by atoms with Gasteiger partial charge in [0, 0.05) is 16.8 Å². The van der Waals surface area contributed by atoms with Crippen LogP contribution in [0, 0.1) is 5.92 Å². The van der Waals surface area contributed by atoms with Crippen molar-refractivity contribution < 1.29 is 9.21 Å². The average Bonchev–Trinajstić information content (AvgIpc) is 2.68. The molecule has 2 rings (SSSR count). The Balaban J connectivity index is 2.21. The summed E-state index contributed by atoms with van der Waals surface area (Å²) in [7, 11) is 0. The van der Waals surface area contributed by atoms with Crippen LogP contribution in [0.1, 0.15) is 37.2 Å². The monoisotopic (exact) mass is 250 g/mol. The number of carbonyl (C=O) groups is 1. The molecule has 17 heavy (non-hydrogen) atoms. The van der Waals surface area contributed by atoms with Gasteiger partial charge in [-0.05, 0) is 36.6 Å². The van der Waals surface area contributed by atoms with Crippen LogP contribution in [0.25, 0.3) is 11.0 Å². The molecule has 0 spiro atoms. The van der Waals surface area contributed by atoms with E-state index in [2.05, 4.69) is 13.8 Å². The molecule has 3 heteroatoms. The van der Waals surface area contributed by atoms with Crippen molar-refractivity contribution in [2.24, 2.45) is 5.92 Å². The topological polar surface area (TPSA) is 30.2 Å². The lowest BCUT2D eigenvalue weighted by Gasteiger charge is -2.00. The Kier molecular flexibility index (Phi) is 3.53. The Bertz CT molecular complexity index is 540. The van der Waals surface area contributed by atoms with Crippen molar-refractivity contribution in [1.29, 1.82) is 0 Å². The smallest absolute Gasteiger partial charge is 0.198 e. The van der Waals surface area contributed by atoms with Crippen LogP contribution in [0.2, 0.25) is 5.02 Å². The largest absolute Gasteiger partial charge is 0.453 e. The van der Waals surface area contributed by atoms with Crippen LogP contribution < -0.4 is 0 Å². The minimum absolute atomic E-state index is 0.0611. The summed E-state index contributed by atoms with van der Waals surface area (Å²) in [4.78, 5) is 11.9. The zero-order valence-electron chi connectivity index (χ0n) is 10.00. The first kappa shape index (κ1) is 12.2. The van der Waals surface area contributed by atoms with E-state index in [0.717, 1.165) is 11.8 Å². The number of benzene rings is 1. The molecule has 2 nitrogen and oxygen atoms in total. The van der Waals surface area contributed by atoms with E-state index in [9.17, 15) is 4.79 Å². The van der Waals surface area contributed by atoms with Crippen LogP contribution in [0.4, 0.5) is 0 Å². The van der Waals surface area contributed by atoms with Gasteiger partial charge < -0.3 is 4.42 Å². The molecule has 2 aromatic rings. The molecular weight excluding hydrogens is 236 g/mol. The van der Waals surface area contributed by atoms with Gasteiger partial charge in [0.2, 0.25) is 0 Å². The van der Waals surface area contributed by atoms with E-state index in [4.69, 9.17) is 16.0 Å². The molecule has 0 aliphatic heterocycles. The second-order valence-corrected chi connectivity index (χ2v) is 5.08. The summed E-state index contributed by atoms with van der Waals surface area (Å²) in [6.45, 7) is 4.21. The Morgan fingerprint density at radius 1 is 1.35 bits per heavy atom. The Morgan fingerprint density at radius 3 is 2.82 bits per heavy atom. The molecule has 0 aliphatic rings. The highest BCUT2D eigenvalue weighted by Crippen LogP contribution is 2.24. The number of hydrogen-bond acceptors (Lipinski definition) is 2. The summed E-state index contributed by atoms with van der Waals surface area (Å²) in [5.41, 5.74) is 0.710. The van der Waals surface area contributed by atoms with Crippen molar-refractivity contribution in [3.63, 3.8) is 0 Å². The molecule has 1 aromatic carbocycles. The first-order valence-corrected chi connectivity index (χ1v) is 6.16. The molecule has 0 fully saturated rings. The predicted molar refractivity (Wildman–Crippen MR) is 69.6 cm³/mol. The SMILES string of the molecule is CC(C)CCC(=O)c1cc2cc(Cl)ccc2o1. The lowest BCUT2D eigenvalue weighted by atomic mass is 10.0. The van der Waals surface area contributed by atoms with Gasteiger partial charge in [-0.15, -0.1) is 0 Å². The minimum atomic E-state index is 0.0611. The van der Waals surface area contributed by atoms with Gasteiger partial charge in [-0.1, -0.05) is 25.4 Å². The number of carbonyl (C=O) groups excluding carboxylic acids is 1. The molecular formula is C14H15ClO2. The zero-order valence-corrected chi connectivity index (χ0v) is 10.8. The van der Waals surface area contributed by atoms with E-state index in [1.54, 1.807) is 24.3 Å². The standard InChI is InChI=1S/C14H15ClO2/c1-9(2)3-5-12(16)14-8-10-7-11(15)4-6-13(10)17-14/h4,6-9H,3,5H2,1-2H3. The minimum Gasteiger partial charge on any atom is -0.453 e. The quantitative estimate of drug-likeness (QED) is 0.736. The maximum Gasteiger partial charge on any atom is 0.198 e. The van der Waals surface area contributed by atoms with Crippen molar-refractivity contribution >= 4 is 28.4 Å². The van der Waals surface area contributed by atoms with Crippen molar-refractivity contribution in [2.45, 2.75) is 26.7 Å². The molecule has 1 aromatic heterocycles. The molecule has 90 valence electrons. The van der Waals surface area contributed by atoms with Gasteiger partial charge in [-0.25, -0.2) is 0 Å². The van der Waals surface area contributed by atoms with Gasteiger partial charge in [-0.3, -0.25) is 4.79 Å². The van der Waals surface area contributed by atoms with E-state index < -0.39 is 0 Å². The van der Waals surface area contributed by atoms with Crippen molar-refractivity contribution in [1.82, 2.24) is 0 Å². The summed E-state index contributed by atoms with van der Waals surface area (Å²) >= 11 is 5.88. The van der Waals surface area contributed by atoms with Crippen LogP contribution in [0.5, 0.6) is 0 Å². The second-order valence-electron chi connectivity index (χ2n) is 4.65. The Labute approximate surface area is 106 Å². The molecule has 0 bridgehead atoms. The molecule has 0 radical (unpaired) electrons. The Hall–Kier alpha value is -1.28. The first-order valence-electron chi connectivity index (χ1n) is 5.78. The van der Waals surface area contributed by atoms with Gasteiger partial charge in [-0.2, -0.15) is 0 Å². The third kappa shape index (κ3) is 2.89. The number of halogens is 1. The van der Waals surface area contributed by atoms with E-state index in [0.29, 0.717) is 28.7 Å². The van der Waals surface area contributed by atoms with Crippen LogP contribution in [-0.4, -0.2) is 5.78 Å². The Morgan fingerprint density at radius 2 is 2.12 bits per heavy atom. The van der Waals surface area contributed by atoms with E-state index >= 15 is 0 Å². The zero-order chi connectivity index (χ0) is 12.4. The third-order valence-corrected chi connectivity index (χ3v) is 2.94. The highest BCUT2D eigenvalue weighted by molar-refractivity contribution is 6.31. The molecule has 0 N–H and O–H groups in total. The molecule has 1 heterocycles. The van der Waals surface area contributed by atoms with Crippen LogP contribution in [0.3, 0.4) is 0 Å². The highest BCUT2D eigenvalue weighted by atomic mass is 35.5. The van der Waals surface area contributed by atoms with E-state index in [-0.39, 0.29) is 5.78 Å². The molecule has 0 amide bonds. The predicted octanol–water partition coefficient (Wildman–Crippen LogP) is 4.71. The number of hydrogen-bond donors (Lipinski definition) is 0. The van der Waals surface area contributed by atoms with Crippen LogP contribution >= 0.6 is 11.6 Å². The maximum atomic E-state index is 11.9. The van der Waals surface area contributed by atoms with Gasteiger partial charge >= 0.3 is 0 Å². The van der Waals surface area contributed by atoms with Gasteiger partial charge in [0.1, 0.15) is 5.58 Å². The van der Waals surface area contributed by atoms with Crippen LogP contribution in [-0.2, 0) is 0 Å². The number of rotatable bonds is 4. The second kappa shape index (κ2) is 4.92. The van der Waals surface area contributed by atoms with Gasteiger partial charge in [0.15, 0.2) is 11.5 Å². The fourth-order valence-electron chi connectivity index (χ4n) is 1.69. The molecule has 0 aliphatic carbocycles. The number of Topliss-reactive ketones (excluding diaryl/α,β-unsaturated/α-hetero) is 1. The average molecular weight is 251 g/mol. The van der Waals surface area contributed by atoms with E-state index in [1.165, 1.54) is 0 Å².